The minimum absolute atomic E-state index is 0.259. The van der Waals surface area contributed by atoms with E-state index >= 15 is 0 Å². The van der Waals surface area contributed by atoms with Gasteiger partial charge >= 0.3 is 0 Å². The number of nitrogens with zero attached hydrogens (tertiary/aromatic N) is 2. The van der Waals surface area contributed by atoms with Crippen LogP contribution in [0.1, 0.15) is 5.56 Å². The summed E-state index contributed by atoms with van der Waals surface area (Å²) in [5.74, 6) is -0.259. The smallest absolute Gasteiger partial charge is 0.197 e. The van der Waals surface area contributed by atoms with Gasteiger partial charge in [-0.05, 0) is 19.1 Å². The summed E-state index contributed by atoms with van der Waals surface area (Å²) in [6.07, 6.45) is 5.51. The SMILES string of the molecule is Cc1ccc(F)c(-c2cn[c]nc2)c1. The van der Waals surface area contributed by atoms with Crippen molar-refractivity contribution in [2.75, 3.05) is 0 Å². The standard InChI is InChI=1S/C11H8FN2/c1-8-2-3-11(12)10(4-8)9-5-13-7-14-6-9/h2-6H,1H3. The van der Waals surface area contributed by atoms with E-state index in [2.05, 4.69) is 16.3 Å². The van der Waals surface area contributed by atoms with E-state index in [1.807, 2.05) is 6.92 Å². The summed E-state index contributed by atoms with van der Waals surface area (Å²) in [6, 6.07) is 4.95. The molecule has 2 aromatic rings. The third-order valence-corrected chi connectivity index (χ3v) is 1.96. The third-order valence-electron chi connectivity index (χ3n) is 1.96. The second-order valence-electron chi connectivity index (χ2n) is 3.06. The molecule has 0 bridgehead atoms. The minimum atomic E-state index is -0.259. The van der Waals surface area contributed by atoms with Crippen LogP contribution in [0.4, 0.5) is 4.39 Å². The van der Waals surface area contributed by atoms with Crippen LogP contribution in [0.15, 0.2) is 30.6 Å². The molecule has 3 heteroatoms. The van der Waals surface area contributed by atoms with Crippen LogP contribution in [0.5, 0.6) is 0 Å². The Bertz CT molecular complexity index is 440. The van der Waals surface area contributed by atoms with E-state index < -0.39 is 0 Å². The molecule has 2 rings (SSSR count). The van der Waals surface area contributed by atoms with Gasteiger partial charge in [0.2, 0.25) is 0 Å². The first-order valence-corrected chi connectivity index (χ1v) is 4.22. The van der Waals surface area contributed by atoms with Crippen molar-refractivity contribution in [2.45, 2.75) is 6.92 Å². The Morgan fingerprint density at radius 1 is 1.21 bits per heavy atom. The molecule has 1 aromatic carbocycles. The maximum absolute atomic E-state index is 13.4. The molecule has 0 saturated carbocycles. The summed E-state index contributed by atoms with van der Waals surface area (Å²) in [7, 11) is 0. The number of aromatic nitrogens is 2. The van der Waals surface area contributed by atoms with Crippen molar-refractivity contribution >= 4 is 0 Å². The van der Waals surface area contributed by atoms with Crippen LogP contribution in [0, 0.1) is 19.1 Å². The van der Waals surface area contributed by atoms with Crippen molar-refractivity contribution in [1.29, 1.82) is 0 Å². The highest BCUT2D eigenvalue weighted by Crippen LogP contribution is 2.21. The van der Waals surface area contributed by atoms with E-state index in [0.29, 0.717) is 11.1 Å². The normalized spacial score (nSPS) is 10.1. The molecule has 0 atom stereocenters. The van der Waals surface area contributed by atoms with Gasteiger partial charge in [0.1, 0.15) is 5.82 Å². The molecule has 0 aliphatic rings. The van der Waals surface area contributed by atoms with E-state index in [4.69, 9.17) is 0 Å². The average Bonchev–Trinajstić information content (AvgIpc) is 2.23. The van der Waals surface area contributed by atoms with Crippen LogP contribution in [-0.2, 0) is 0 Å². The first-order valence-electron chi connectivity index (χ1n) is 4.22. The van der Waals surface area contributed by atoms with E-state index in [1.54, 1.807) is 24.5 Å². The van der Waals surface area contributed by atoms with Crippen molar-refractivity contribution < 1.29 is 4.39 Å². The van der Waals surface area contributed by atoms with E-state index in [9.17, 15) is 4.39 Å². The van der Waals surface area contributed by atoms with Crippen LogP contribution in [-0.4, -0.2) is 9.97 Å². The van der Waals surface area contributed by atoms with E-state index in [1.165, 1.54) is 6.07 Å². The summed E-state index contributed by atoms with van der Waals surface area (Å²) < 4.78 is 13.4. The molecule has 2 nitrogen and oxygen atoms in total. The van der Waals surface area contributed by atoms with Gasteiger partial charge in [-0.3, -0.25) is 0 Å². The van der Waals surface area contributed by atoms with Crippen LogP contribution in [0.3, 0.4) is 0 Å². The maximum atomic E-state index is 13.4. The van der Waals surface area contributed by atoms with Gasteiger partial charge in [-0.25, -0.2) is 14.4 Å². The van der Waals surface area contributed by atoms with Crippen molar-refractivity contribution in [3.05, 3.63) is 48.3 Å². The largest absolute Gasteiger partial charge is 0.233 e. The molecule has 0 fully saturated rings. The number of hydrogen-bond donors (Lipinski definition) is 0. The van der Waals surface area contributed by atoms with Gasteiger partial charge in [-0.15, -0.1) is 0 Å². The molecular weight excluding hydrogens is 179 g/mol. The Balaban J connectivity index is 2.57. The lowest BCUT2D eigenvalue weighted by molar-refractivity contribution is 0.630. The Morgan fingerprint density at radius 2 is 1.93 bits per heavy atom. The molecule has 0 amide bonds. The van der Waals surface area contributed by atoms with Gasteiger partial charge in [0.05, 0.1) is 0 Å². The lowest BCUT2D eigenvalue weighted by Gasteiger charge is -2.02. The number of benzene rings is 1. The predicted octanol–water partition coefficient (Wildman–Crippen LogP) is 2.39. The summed E-state index contributed by atoms with van der Waals surface area (Å²) in [4.78, 5) is 7.46. The van der Waals surface area contributed by atoms with Crippen LogP contribution in [0.25, 0.3) is 11.1 Å². The molecule has 0 aliphatic heterocycles. The molecule has 0 saturated heterocycles. The van der Waals surface area contributed by atoms with E-state index in [-0.39, 0.29) is 5.82 Å². The molecule has 1 radical (unpaired) electrons. The van der Waals surface area contributed by atoms with Crippen molar-refractivity contribution in [2.24, 2.45) is 0 Å². The maximum Gasteiger partial charge on any atom is 0.197 e. The molecule has 0 spiro atoms. The van der Waals surface area contributed by atoms with Crippen molar-refractivity contribution in [3.8, 4) is 11.1 Å². The molecule has 69 valence electrons. The molecule has 1 heterocycles. The molecular formula is C11H8FN2. The zero-order chi connectivity index (χ0) is 9.97. The molecule has 0 N–H and O–H groups in total. The summed E-state index contributed by atoms with van der Waals surface area (Å²) >= 11 is 0. The van der Waals surface area contributed by atoms with Gasteiger partial charge in [0.25, 0.3) is 0 Å². The lowest BCUT2D eigenvalue weighted by Crippen LogP contribution is -1.87. The fourth-order valence-corrected chi connectivity index (χ4v) is 1.26. The van der Waals surface area contributed by atoms with Crippen LogP contribution < -0.4 is 0 Å². The second-order valence-corrected chi connectivity index (χ2v) is 3.06. The fourth-order valence-electron chi connectivity index (χ4n) is 1.26. The zero-order valence-corrected chi connectivity index (χ0v) is 7.66. The van der Waals surface area contributed by atoms with Gasteiger partial charge in [-0.1, -0.05) is 11.6 Å². The predicted molar refractivity (Wildman–Crippen MR) is 51.0 cm³/mol. The topological polar surface area (TPSA) is 25.8 Å². The summed E-state index contributed by atoms with van der Waals surface area (Å²) in [5, 5.41) is 0. The first-order chi connectivity index (χ1) is 6.77. The monoisotopic (exact) mass is 187 g/mol. The Hall–Kier alpha value is -1.77. The van der Waals surface area contributed by atoms with Gasteiger partial charge in [0.15, 0.2) is 6.33 Å². The molecule has 0 aliphatic carbocycles. The Morgan fingerprint density at radius 3 is 2.64 bits per heavy atom. The highest BCUT2D eigenvalue weighted by atomic mass is 19.1. The average molecular weight is 187 g/mol. The lowest BCUT2D eigenvalue weighted by atomic mass is 10.1. The minimum Gasteiger partial charge on any atom is -0.233 e. The molecule has 14 heavy (non-hydrogen) atoms. The number of aryl methyl sites for hydroxylation is 1. The zero-order valence-electron chi connectivity index (χ0n) is 7.66. The van der Waals surface area contributed by atoms with Crippen molar-refractivity contribution in [3.63, 3.8) is 0 Å². The Kier molecular flexibility index (Phi) is 2.23. The van der Waals surface area contributed by atoms with Crippen molar-refractivity contribution in [1.82, 2.24) is 9.97 Å². The van der Waals surface area contributed by atoms with Gasteiger partial charge in [0, 0.05) is 23.5 Å². The molecule has 0 unspecified atom stereocenters. The van der Waals surface area contributed by atoms with Crippen LogP contribution in [0.2, 0.25) is 0 Å². The summed E-state index contributed by atoms with van der Waals surface area (Å²) in [5.41, 5.74) is 2.21. The molecule has 1 aromatic heterocycles. The van der Waals surface area contributed by atoms with Gasteiger partial charge < -0.3 is 0 Å². The number of halogens is 1. The van der Waals surface area contributed by atoms with Gasteiger partial charge in [-0.2, -0.15) is 0 Å². The first kappa shape index (κ1) is 8.81. The second kappa shape index (κ2) is 3.54. The fraction of sp³-hybridized carbons (Fsp3) is 0.0909. The quantitative estimate of drug-likeness (QED) is 0.685. The van der Waals surface area contributed by atoms with Crippen LogP contribution >= 0.6 is 0 Å². The van der Waals surface area contributed by atoms with E-state index in [0.717, 1.165) is 5.56 Å². The number of rotatable bonds is 1. The Labute approximate surface area is 81.5 Å². The number of hydrogen-bond acceptors (Lipinski definition) is 2. The summed E-state index contributed by atoms with van der Waals surface area (Å²) in [6.45, 7) is 1.92. The third kappa shape index (κ3) is 1.62. The highest BCUT2D eigenvalue weighted by Gasteiger charge is 2.04. The highest BCUT2D eigenvalue weighted by molar-refractivity contribution is 5.62.